The van der Waals surface area contributed by atoms with Crippen molar-refractivity contribution in [1.29, 1.82) is 0 Å². The Labute approximate surface area is 129 Å². The van der Waals surface area contributed by atoms with E-state index < -0.39 is 0 Å². The van der Waals surface area contributed by atoms with Gasteiger partial charge in [-0.15, -0.1) is 5.10 Å². The molecular weight excluding hydrogens is 323 g/mol. The highest BCUT2D eigenvalue weighted by atomic mass is 35.5. The molecule has 3 aromatic rings. The molecule has 2 heterocycles. The molecule has 0 aliphatic rings. The molecule has 0 bridgehead atoms. The predicted molar refractivity (Wildman–Crippen MR) is 77.8 cm³/mol. The maximum atomic E-state index is 6.35. The number of methoxy groups -OCH3 is 1. The standard InChI is InChI=1S/C12H7Cl3N4O/c1-20-12-17-11-16-9(14)8(10(15)19(11)18-12)6-4-2-3-5-7(6)13/h2-5H,1H3. The van der Waals surface area contributed by atoms with Crippen LogP contribution in [0.4, 0.5) is 0 Å². The Hall–Kier alpha value is -1.56. The summed E-state index contributed by atoms with van der Waals surface area (Å²) >= 11 is 18.7. The van der Waals surface area contributed by atoms with Crippen molar-refractivity contribution in [2.75, 3.05) is 7.11 Å². The summed E-state index contributed by atoms with van der Waals surface area (Å²) in [6, 6.07) is 7.36. The summed E-state index contributed by atoms with van der Waals surface area (Å²) in [4.78, 5) is 8.18. The topological polar surface area (TPSA) is 52.3 Å². The molecule has 0 spiro atoms. The van der Waals surface area contributed by atoms with Gasteiger partial charge in [-0.2, -0.15) is 14.5 Å². The summed E-state index contributed by atoms with van der Waals surface area (Å²) in [5, 5.41) is 5.06. The van der Waals surface area contributed by atoms with Crippen molar-refractivity contribution in [1.82, 2.24) is 19.6 Å². The Bertz CT molecular complexity index is 803. The third-order valence-electron chi connectivity index (χ3n) is 2.69. The number of nitrogens with zero attached hydrogens (tertiary/aromatic N) is 4. The average molecular weight is 330 g/mol. The number of hydrogen-bond donors (Lipinski definition) is 0. The van der Waals surface area contributed by atoms with E-state index >= 15 is 0 Å². The second-order valence-electron chi connectivity index (χ2n) is 3.86. The van der Waals surface area contributed by atoms with Gasteiger partial charge in [0.05, 0.1) is 12.7 Å². The van der Waals surface area contributed by atoms with Crippen molar-refractivity contribution in [2.45, 2.75) is 0 Å². The van der Waals surface area contributed by atoms with E-state index in [0.717, 1.165) is 0 Å². The smallest absolute Gasteiger partial charge is 0.337 e. The maximum absolute atomic E-state index is 6.35. The van der Waals surface area contributed by atoms with Gasteiger partial charge in [0.15, 0.2) is 0 Å². The van der Waals surface area contributed by atoms with E-state index in [4.69, 9.17) is 39.5 Å². The first-order chi connectivity index (χ1) is 9.61. The fourth-order valence-electron chi connectivity index (χ4n) is 1.80. The minimum atomic E-state index is 0.159. The van der Waals surface area contributed by atoms with E-state index in [-0.39, 0.29) is 22.1 Å². The molecule has 20 heavy (non-hydrogen) atoms. The van der Waals surface area contributed by atoms with Gasteiger partial charge in [-0.25, -0.2) is 0 Å². The average Bonchev–Trinajstić information content (AvgIpc) is 2.84. The van der Waals surface area contributed by atoms with Crippen LogP contribution in [0.15, 0.2) is 24.3 Å². The molecule has 0 saturated carbocycles. The van der Waals surface area contributed by atoms with Crippen molar-refractivity contribution in [3.8, 4) is 17.1 Å². The molecule has 0 amide bonds. The molecule has 8 heteroatoms. The van der Waals surface area contributed by atoms with Gasteiger partial charge in [-0.05, 0) is 6.07 Å². The fourth-order valence-corrected chi connectivity index (χ4v) is 2.65. The van der Waals surface area contributed by atoms with Crippen molar-refractivity contribution >= 4 is 40.6 Å². The first kappa shape index (κ1) is 13.4. The lowest BCUT2D eigenvalue weighted by Crippen LogP contribution is -1.98. The number of hydrogen-bond acceptors (Lipinski definition) is 4. The van der Waals surface area contributed by atoms with Gasteiger partial charge in [0.1, 0.15) is 10.3 Å². The summed E-state index contributed by atoms with van der Waals surface area (Å²) < 4.78 is 6.30. The summed E-state index contributed by atoms with van der Waals surface area (Å²) in [7, 11) is 1.46. The first-order valence-electron chi connectivity index (χ1n) is 5.52. The zero-order chi connectivity index (χ0) is 14.3. The Balaban J connectivity index is 2.34. The van der Waals surface area contributed by atoms with Gasteiger partial charge < -0.3 is 4.74 Å². The van der Waals surface area contributed by atoms with E-state index in [1.54, 1.807) is 12.1 Å². The fraction of sp³-hybridized carbons (Fsp3) is 0.0833. The minimum absolute atomic E-state index is 0.159. The Kier molecular flexibility index (Phi) is 3.41. The molecule has 0 N–H and O–H groups in total. The summed E-state index contributed by atoms with van der Waals surface area (Å²) in [6.45, 7) is 0. The number of fused-ring (bicyclic) bond motifs is 1. The van der Waals surface area contributed by atoms with E-state index in [1.165, 1.54) is 11.6 Å². The molecule has 102 valence electrons. The Morgan fingerprint density at radius 2 is 1.85 bits per heavy atom. The largest absolute Gasteiger partial charge is 0.466 e. The molecule has 3 rings (SSSR count). The molecular formula is C12H7Cl3N4O. The summed E-state index contributed by atoms with van der Waals surface area (Å²) in [5.74, 6) is 0.257. The lowest BCUT2D eigenvalue weighted by atomic mass is 10.1. The maximum Gasteiger partial charge on any atom is 0.337 e. The second kappa shape index (κ2) is 5.09. The van der Waals surface area contributed by atoms with Crippen LogP contribution in [0.3, 0.4) is 0 Å². The van der Waals surface area contributed by atoms with Crippen LogP contribution in [-0.2, 0) is 0 Å². The quantitative estimate of drug-likeness (QED) is 0.672. The summed E-state index contributed by atoms with van der Waals surface area (Å²) in [5.41, 5.74) is 1.17. The normalized spacial score (nSPS) is 11.0. The van der Waals surface area contributed by atoms with Crippen molar-refractivity contribution in [3.63, 3.8) is 0 Å². The van der Waals surface area contributed by atoms with Crippen LogP contribution in [0.5, 0.6) is 6.01 Å². The molecule has 0 aliphatic heterocycles. The minimum Gasteiger partial charge on any atom is -0.466 e. The van der Waals surface area contributed by atoms with E-state index in [2.05, 4.69) is 15.1 Å². The van der Waals surface area contributed by atoms with Crippen LogP contribution in [0, 0.1) is 0 Å². The van der Waals surface area contributed by atoms with Gasteiger partial charge in [0.2, 0.25) is 0 Å². The van der Waals surface area contributed by atoms with Crippen LogP contribution in [0.25, 0.3) is 16.9 Å². The third-order valence-corrected chi connectivity index (χ3v) is 3.65. The van der Waals surface area contributed by atoms with Gasteiger partial charge in [-0.3, -0.25) is 0 Å². The van der Waals surface area contributed by atoms with Crippen LogP contribution >= 0.6 is 34.8 Å². The lowest BCUT2D eigenvalue weighted by Gasteiger charge is -2.08. The molecule has 0 atom stereocenters. The van der Waals surface area contributed by atoms with Crippen molar-refractivity contribution in [2.24, 2.45) is 0 Å². The molecule has 0 saturated heterocycles. The summed E-state index contributed by atoms with van der Waals surface area (Å²) in [6.07, 6.45) is 0. The number of rotatable bonds is 2. The van der Waals surface area contributed by atoms with Crippen molar-refractivity contribution in [3.05, 3.63) is 39.6 Å². The Morgan fingerprint density at radius 1 is 1.10 bits per heavy atom. The highest BCUT2D eigenvalue weighted by Crippen LogP contribution is 2.37. The molecule has 0 unspecified atom stereocenters. The molecule has 1 aromatic carbocycles. The van der Waals surface area contributed by atoms with E-state index in [1.807, 2.05) is 12.1 Å². The van der Waals surface area contributed by atoms with Crippen LogP contribution < -0.4 is 4.74 Å². The highest BCUT2D eigenvalue weighted by molar-refractivity contribution is 6.40. The lowest BCUT2D eigenvalue weighted by molar-refractivity contribution is 0.380. The third kappa shape index (κ3) is 2.08. The number of ether oxygens (including phenoxy) is 1. The zero-order valence-electron chi connectivity index (χ0n) is 10.1. The SMILES string of the molecule is COc1nc2nc(Cl)c(-c3ccccc3Cl)c(Cl)n2n1. The number of aromatic nitrogens is 4. The molecule has 2 aromatic heterocycles. The second-order valence-corrected chi connectivity index (χ2v) is 4.98. The monoisotopic (exact) mass is 328 g/mol. The Morgan fingerprint density at radius 3 is 2.55 bits per heavy atom. The first-order valence-corrected chi connectivity index (χ1v) is 6.66. The van der Waals surface area contributed by atoms with Crippen molar-refractivity contribution < 1.29 is 4.74 Å². The van der Waals surface area contributed by atoms with Gasteiger partial charge in [-0.1, -0.05) is 53.0 Å². The van der Waals surface area contributed by atoms with E-state index in [9.17, 15) is 0 Å². The zero-order valence-corrected chi connectivity index (χ0v) is 12.4. The van der Waals surface area contributed by atoms with Crippen LogP contribution in [-0.4, -0.2) is 26.7 Å². The molecule has 0 aliphatic carbocycles. The van der Waals surface area contributed by atoms with Crippen LogP contribution in [0.1, 0.15) is 0 Å². The molecule has 0 radical (unpaired) electrons. The van der Waals surface area contributed by atoms with Gasteiger partial charge in [0, 0.05) is 10.6 Å². The number of benzene rings is 1. The molecule has 0 fully saturated rings. The molecule has 5 nitrogen and oxygen atoms in total. The highest BCUT2D eigenvalue weighted by Gasteiger charge is 2.19. The predicted octanol–water partition coefficient (Wildman–Crippen LogP) is 3.76. The van der Waals surface area contributed by atoms with Crippen LogP contribution in [0.2, 0.25) is 15.3 Å². The van der Waals surface area contributed by atoms with Gasteiger partial charge >= 0.3 is 6.01 Å². The van der Waals surface area contributed by atoms with Gasteiger partial charge in [0.25, 0.3) is 5.78 Å². The number of halogens is 3. The van der Waals surface area contributed by atoms with E-state index in [0.29, 0.717) is 16.1 Å².